The van der Waals surface area contributed by atoms with E-state index >= 15 is 0 Å². The van der Waals surface area contributed by atoms with Gasteiger partial charge in [-0.2, -0.15) is 5.10 Å². The molecule has 1 amide bonds. The fourth-order valence-electron chi connectivity index (χ4n) is 2.32. The van der Waals surface area contributed by atoms with Gasteiger partial charge in [0.1, 0.15) is 0 Å². The molecule has 0 fully saturated rings. The minimum Gasteiger partial charge on any atom is -0.266 e. The van der Waals surface area contributed by atoms with Crippen molar-refractivity contribution in [2.45, 2.75) is 13.3 Å². The third-order valence-electron chi connectivity index (χ3n) is 3.70. The average molecular weight is 353 g/mol. The molecule has 0 aliphatic rings. The predicted octanol–water partition coefficient (Wildman–Crippen LogP) is 4.14. The van der Waals surface area contributed by atoms with Crippen molar-refractivity contribution < 1.29 is 9.72 Å². The molecule has 3 rings (SSSR count). The monoisotopic (exact) mass is 353 g/mol. The molecule has 0 radical (unpaired) electrons. The summed E-state index contributed by atoms with van der Waals surface area (Å²) in [6.07, 6.45) is 2.55. The van der Waals surface area contributed by atoms with Crippen molar-refractivity contribution in [3.8, 4) is 0 Å². The summed E-state index contributed by atoms with van der Waals surface area (Å²) < 4.78 is 0.815. The van der Waals surface area contributed by atoms with E-state index in [0.717, 1.165) is 16.7 Å². The van der Waals surface area contributed by atoms with Gasteiger partial charge in [-0.1, -0.05) is 31.2 Å². The van der Waals surface area contributed by atoms with Crippen LogP contribution in [0.5, 0.6) is 0 Å². The first-order valence-electron chi connectivity index (χ1n) is 7.67. The first kappa shape index (κ1) is 16.8. The number of fused-ring (bicyclic) bond motifs is 1. The highest BCUT2D eigenvalue weighted by Crippen LogP contribution is 2.28. The number of rotatable bonds is 5. The van der Waals surface area contributed by atoms with Crippen molar-refractivity contribution in [3.63, 3.8) is 0 Å². The molecule has 0 aliphatic heterocycles. The SMILES string of the molecule is CCc1ccc(/C=N\NC(=O)c2cc3cc([N+](=O)[O-])ccc3s2)cc1. The predicted molar refractivity (Wildman–Crippen MR) is 99.4 cm³/mol. The standard InChI is InChI=1S/C18H15N3O3S/c1-2-12-3-5-13(6-4-12)11-19-20-18(22)17-10-14-9-15(21(23)24)7-8-16(14)25-17/h3-11H,2H2,1H3,(H,20,22)/b19-11-. The van der Waals surface area contributed by atoms with Gasteiger partial charge in [0.05, 0.1) is 16.0 Å². The van der Waals surface area contributed by atoms with Crippen molar-refractivity contribution >= 4 is 39.2 Å². The van der Waals surface area contributed by atoms with Crippen LogP contribution in [0.15, 0.2) is 53.6 Å². The summed E-state index contributed by atoms with van der Waals surface area (Å²) in [4.78, 5) is 23.0. The summed E-state index contributed by atoms with van der Waals surface area (Å²) in [5.41, 5.74) is 4.62. The molecule has 0 unspecified atom stereocenters. The van der Waals surface area contributed by atoms with Crippen LogP contribution in [0.4, 0.5) is 5.69 Å². The molecule has 25 heavy (non-hydrogen) atoms. The van der Waals surface area contributed by atoms with Gasteiger partial charge >= 0.3 is 0 Å². The molecule has 1 N–H and O–H groups in total. The Bertz CT molecular complexity index is 961. The maximum atomic E-state index is 12.2. The van der Waals surface area contributed by atoms with E-state index in [-0.39, 0.29) is 11.6 Å². The number of amides is 1. The van der Waals surface area contributed by atoms with Gasteiger partial charge in [-0.15, -0.1) is 11.3 Å². The van der Waals surface area contributed by atoms with Crippen LogP contribution in [-0.4, -0.2) is 17.0 Å². The number of nitro groups is 1. The van der Waals surface area contributed by atoms with Crippen LogP contribution in [0.2, 0.25) is 0 Å². The molecule has 0 bridgehead atoms. The molecule has 1 heterocycles. The number of carbonyl (C=O) groups excluding carboxylic acids is 1. The van der Waals surface area contributed by atoms with E-state index in [9.17, 15) is 14.9 Å². The molecule has 0 saturated carbocycles. The van der Waals surface area contributed by atoms with Gasteiger partial charge < -0.3 is 0 Å². The highest BCUT2D eigenvalue weighted by molar-refractivity contribution is 7.20. The van der Waals surface area contributed by atoms with Gasteiger partial charge in [0, 0.05) is 22.2 Å². The summed E-state index contributed by atoms with van der Waals surface area (Å²) in [5.74, 6) is -0.342. The van der Waals surface area contributed by atoms with Crippen LogP contribution in [0.25, 0.3) is 10.1 Å². The second-order valence-corrected chi connectivity index (χ2v) is 6.47. The van der Waals surface area contributed by atoms with Gasteiger partial charge in [0.15, 0.2) is 0 Å². The van der Waals surface area contributed by atoms with E-state index in [1.165, 1.54) is 29.0 Å². The number of benzene rings is 2. The third-order valence-corrected chi connectivity index (χ3v) is 4.82. The van der Waals surface area contributed by atoms with Gasteiger partial charge in [-0.3, -0.25) is 14.9 Å². The Balaban J connectivity index is 1.71. The highest BCUT2D eigenvalue weighted by Gasteiger charge is 2.12. The lowest BCUT2D eigenvalue weighted by atomic mass is 10.1. The summed E-state index contributed by atoms with van der Waals surface area (Å²) in [6, 6.07) is 14.1. The number of hydrogen-bond donors (Lipinski definition) is 1. The Kier molecular flexibility index (Phi) is 4.85. The molecule has 0 saturated heterocycles. The second-order valence-electron chi connectivity index (χ2n) is 5.38. The van der Waals surface area contributed by atoms with Gasteiger partial charge in [-0.25, -0.2) is 5.43 Å². The molecule has 2 aromatic carbocycles. The molecule has 1 aromatic heterocycles. The Labute approximate surface area is 148 Å². The summed E-state index contributed by atoms with van der Waals surface area (Å²) in [6.45, 7) is 2.09. The molecular weight excluding hydrogens is 338 g/mol. The minimum absolute atomic E-state index is 0.00538. The van der Waals surface area contributed by atoms with Crippen molar-refractivity contribution in [3.05, 3.63) is 74.6 Å². The summed E-state index contributed by atoms with van der Waals surface area (Å²) in [7, 11) is 0. The quantitative estimate of drug-likeness (QED) is 0.425. The zero-order valence-corrected chi connectivity index (χ0v) is 14.2. The lowest BCUT2D eigenvalue weighted by molar-refractivity contribution is -0.384. The molecule has 0 aliphatic carbocycles. The zero-order chi connectivity index (χ0) is 17.8. The molecule has 0 atom stereocenters. The maximum Gasteiger partial charge on any atom is 0.281 e. The molecule has 126 valence electrons. The van der Waals surface area contributed by atoms with E-state index in [1.807, 2.05) is 24.3 Å². The van der Waals surface area contributed by atoms with Crippen molar-refractivity contribution in [2.24, 2.45) is 5.10 Å². The van der Waals surface area contributed by atoms with Gasteiger partial charge in [-0.05, 0) is 29.7 Å². The number of hydrogen-bond acceptors (Lipinski definition) is 5. The van der Waals surface area contributed by atoms with Crippen molar-refractivity contribution in [1.82, 2.24) is 5.43 Å². The number of carbonyl (C=O) groups is 1. The average Bonchev–Trinajstić information content (AvgIpc) is 3.05. The number of nitrogens with zero attached hydrogens (tertiary/aromatic N) is 2. The maximum absolute atomic E-state index is 12.2. The number of nitrogens with one attached hydrogen (secondary N) is 1. The topological polar surface area (TPSA) is 84.6 Å². The number of aryl methyl sites for hydroxylation is 1. The van der Waals surface area contributed by atoms with Crippen LogP contribution in [0.3, 0.4) is 0 Å². The Morgan fingerprint density at radius 3 is 2.68 bits per heavy atom. The highest BCUT2D eigenvalue weighted by atomic mass is 32.1. The minimum atomic E-state index is -0.453. The van der Waals surface area contributed by atoms with Gasteiger partial charge in [0.2, 0.25) is 0 Å². The Morgan fingerprint density at radius 1 is 1.24 bits per heavy atom. The van der Waals surface area contributed by atoms with Gasteiger partial charge in [0.25, 0.3) is 11.6 Å². The fourth-order valence-corrected chi connectivity index (χ4v) is 3.25. The van der Waals surface area contributed by atoms with Crippen LogP contribution in [-0.2, 0) is 6.42 Å². The zero-order valence-electron chi connectivity index (χ0n) is 13.4. The molecule has 0 spiro atoms. The molecular formula is C18H15N3O3S. The van der Waals surface area contributed by atoms with Crippen LogP contribution < -0.4 is 5.43 Å². The van der Waals surface area contributed by atoms with E-state index < -0.39 is 4.92 Å². The second kappa shape index (κ2) is 7.23. The smallest absolute Gasteiger partial charge is 0.266 e. The Hall–Kier alpha value is -3.06. The number of thiophene rings is 1. The van der Waals surface area contributed by atoms with Crippen molar-refractivity contribution in [2.75, 3.05) is 0 Å². The van der Waals surface area contributed by atoms with Crippen molar-refractivity contribution in [1.29, 1.82) is 0 Å². The normalized spacial score (nSPS) is 11.1. The summed E-state index contributed by atoms with van der Waals surface area (Å²) >= 11 is 1.27. The van der Waals surface area contributed by atoms with Crippen LogP contribution >= 0.6 is 11.3 Å². The molecule has 7 heteroatoms. The van der Waals surface area contributed by atoms with E-state index in [4.69, 9.17) is 0 Å². The first-order valence-corrected chi connectivity index (χ1v) is 8.49. The number of nitro benzene ring substituents is 1. The van der Waals surface area contributed by atoms with E-state index in [0.29, 0.717) is 10.3 Å². The third kappa shape index (κ3) is 3.89. The summed E-state index contributed by atoms with van der Waals surface area (Å²) in [5, 5.41) is 15.4. The van der Waals surface area contributed by atoms with Crippen LogP contribution in [0, 0.1) is 10.1 Å². The first-order chi connectivity index (χ1) is 12.1. The molecule has 6 nitrogen and oxygen atoms in total. The fraction of sp³-hybridized carbons (Fsp3) is 0.111. The van der Waals surface area contributed by atoms with E-state index in [1.54, 1.807) is 18.3 Å². The largest absolute Gasteiger partial charge is 0.281 e. The number of hydrazone groups is 1. The lowest BCUT2D eigenvalue weighted by Crippen LogP contribution is -2.16. The number of non-ortho nitro benzene ring substituents is 1. The Morgan fingerprint density at radius 2 is 2.00 bits per heavy atom. The van der Waals surface area contributed by atoms with E-state index in [2.05, 4.69) is 17.5 Å². The molecule has 3 aromatic rings. The lowest BCUT2D eigenvalue weighted by Gasteiger charge is -1.98. The van der Waals surface area contributed by atoms with Crippen LogP contribution in [0.1, 0.15) is 27.7 Å².